The van der Waals surface area contributed by atoms with E-state index in [-0.39, 0.29) is 11.3 Å². The summed E-state index contributed by atoms with van der Waals surface area (Å²) in [7, 11) is -3.28. The molecule has 0 aliphatic carbocycles. The summed E-state index contributed by atoms with van der Waals surface area (Å²) in [6, 6.07) is 15.4. The van der Waals surface area contributed by atoms with Gasteiger partial charge in [0.05, 0.1) is 6.26 Å². The van der Waals surface area contributed by atoms with Crippen molar-refractivity contribution in [3.8, 4) is 0 Å². The van der Waals surface area contributed by atoms with Crippen LogP contribution in [0.2, 0.25) is 0 Å². The number of rotatable bonds is 7. The highest BCUT2D eigenvalue weighted by atomic mass is 32.2. The fraction of sp³-hybridized carbons (Fsp3) is 0.381. The van der Waals surface area contributed by atoms with Gasteiger partial charge in [-0.05, 0) is 40.7 Å². The van der Waals surface area contributed by atoms with Gasteiger partial charge in [-0.1, -0.05) is 57.2 Å². The SMILES string of the molecule is CC(C)(C)c1ccc(CCC(=O)NCc2ccc(NS(C)(=O)=O)cc2)cc1. The largest absolute Gasteiger partial charge is 0.352 e. The van der Waals surface area contributed by atoms with Gasteiger partial charge >= 0.3 is 0 Å². The Labute approximate surface area is 162 Å². The molecule has 0 aliphatic rings. The molecule has 6 heteroatoms. The van der Waals surface area contributed by atoms with E-state index in [1.165, 1.54) is 5.56 Å². The molecule has 0 bridgehead atoms. The molecule has 1 amide bonds. The molecular weight excluding hydrogens is 360 g/mol. The second-order valence-electron chi connectivity index (χ2n) is 7.79. The molecule has 146 valence electrons. The summed E-state index contributed by atoms with van der Waals surface area (Å²) in [6.07, 6.45) is 2.24. The average Bonchev–Trinajstić information content (AvgIpc) is 2.57. The molecule has 0 fully saturated rings. The van der Waals surface area contributed by atoms with Crippen molar-refractivity contribution < 1.29 is 13.2 Å². The first kappa shape index (κ1) is 21.0. The highest BCUT2D eigenvalue weighted by Crippen LogP contribution is 2.22. The van der Waals surface area contributed by atoms with Crippen LogP contribution in [0, 0.1) is 0 Å². The van der Waals surface area contributed by atoms with Crippen LogP contribution in [0.3, 0.4) is 0 Å². The molecule has 0 atom stereocenters. The highest BCUT2D eigenvalue weighted by molar-refractivity contribution is 7.92. The maximum Gasteiger partial charge on any atom is 0.229 e. The minimum absolute atomic E-state index is 0.00626. The van der Waals surface area contributed by atoms with Gasteiger partial charge in [0.2, 0.25) is 15.9 Å². The number of hydrogen-bond acceptors (Lipinski definition) is 3. The Kier molecular flexibility index (Phi) is 6.65. The van der Waals surface area contributed by atoms with Crippen molar-refractivity contribution in [2.75, 3.05) is 11.0 Å². The van der Waals surface area contributed by atoms with Crippen LogP contribution in [-0.2, 0) is 33.2 Å². The third-order valence-corrected chi connectivity index (χ3v) is 4.81. The van der Waals surface area contributed by atoms with Crippen molar-refractivity contribution in [3.63, 3.8) is 0 Å². The zero-order valence-electron chi connectivity index (χ0n) is 16.4. The number of sulfonamides is 1. The summed E-state index contributed by atoms with van der Waals surface area (Å²) in [5.41, 5.74) is 3.98. The quantitative estimate of drug-likeness (QED) is 0.761. The van der Waals surface area contributed by atoms with E-state index in [4.69, 9.17) is 0 Å². The Bertz CT molecular complexity index is 865. The Morgan fingerprint density at radius 3 is 2.00 bits per heavy atom. The Hall–Kier alpha value is -2.34. The number of aryl methyl sites for hydroxylation is 1. The topological polar surface area (TPSA) is 75.3 Å². The monoisotopic (exact) mass is 388 g/mol. The van der Waals surface area contributed by atoms with Gasteiger partial charge in [0.15, 0.2) is 0 Å². The third-order valence-electron chi connectivity index (χ3n) is 4.21. The van der Waals surface area contributed by atoms with E-state index < -0.39 is 10.0 Å². The molecule has 0 saturated heterocycles. The van der Waals surface area contributed by atoms with Crippen molar-refractivity contribution in [2.45, 2.75) is 45.6 Å². The van der Waals surface area contributed by atoms with E-state index in [1.807, 2.05) is 0 Å². The van der Waals surface area contributed by atoms with Crippen molar-refractivity contribution in [2.24, 2.45) is 0 Å². The van der Waals surface area contributed by atoms with Crippen LogP contribution in [-0.4, -0.2) is 20.6 Å². The van der Waals surface area contributed by atoms with Crippen LogP contribution in [0.1, 0.15) is 43.9 Å². The molecule has 0 heterocycles. The van der Waals surface area contributed by atoms with Gasteiger partial charge in [0.1, 0.15) is 0 Å². The van der Waals surface area contributed by atoms with Gasteiger partial charge in [-0.25, -0.2) is 8.42 Å². The number of carbonyl (C=O) groups excluding carboxylic acids is 1. The standard InChI is InChI=1S/C21H28N2O3S/c1-21(2,3)18-10-5-16(6-11-18)9-14-20(24)22-15-17-7-12-19(13-8-17)23-27(4,25)26/h5-8,10-13,23H,9,14-15H2,1-4H3,(H,22,24). The second kappa shape index (κ2) is 8.57. The molecule has 0 aromatic heterocycles. The highest BCUT2D eigenvalue weighted by Gasteiger charge is 2.13. The number of amides is 1. The van der Waals surface area contributed by atoms with Crippen LogP contribution >= 0.6 is 0 Å². The summed E-state index contributed by atoms with van der Waals surface area (Å²) >= 11 is 0. The van der Waals surface area contributed by atoms with Crippen molar-refractivity contribution >= 4 is 21.6 Å². The third kappa shape index (κ3) is 7.43. The molecule has 2 rings (SSSR count). The minimum atomic E-state index is -3.28. The average molecular weight is 389 g/mol. The molecule has 2 aromatic carbocycles. The molecular formula is C21H28N2O3S. The summed E-state index contributed by atoms with van der Waals surface area (Å²) in [4.78, 5) is 12.1. The molecule has 5 nitrogen and oxygen atoms in total. The molecule has 0 radical (unpaired) electrons. The summed E-state index contributed by atoms with van der Waals surface area (Å²) < 4.78 is 24.8. The number of nitrogens with one attached hydrogen (secondary N) is 2. The van der Waals surface area contributed by atoms with E-state index >= 15 is 0 Å². The minimum Gasteiger partial charge on any atom is -0.352 e. The first-order valence-electron chi connectivity index (χ1n) is 8.96. The zero-order chi connectivity index (χ0) is 20.1. The number of anilines is 1. The summed E-state index contributed by atoms with van der Waals surface area (Å²) in [5.74, 6) is -0.00626. The van der Waals surface area contributed by atoms with Gasteiger partial charge in [-0.3, -0.25) is 9.52 Å². The van der Waals surface area contributed by atoms with Crippen LogP contribution < -0.4 is 10.0 Å². The predicted octanol–water partition coefficient (Wildman–Crippen LogP) is 3.60. The van der Waals surface area contributed by atoms with Gasteiger partial charge in [-0.2, -0.15) is 0 Å². The lowest BCUT2D eigenvalue weighted by molar-refractivity contribution is -0.121. The fourth-order valence-corrected chi connectivity index (χ4v) is 3.19. The van der Waals surface area contributed by atoms with E-state index in [1.54, 1.807) is 24.3 Å². The van der Waals surface area contributed by atoms with E-state index in [0.717, 1.165) is 17.4 Å². The molecule has 2 aromatic rings. The van der Waals surface area contributed by atoms with E-state index in [2.05, 4.69) is 55.1 Å². The molecule has 0 saturated carbocycles. The second-order valence-corrected chi connectivity index (χ2v) is 9.54. The Morgan fingerprint density at radius 2 is 1.48 bits per heavy atom. The summed E-state index contributed by atoms with van der Waals surface area (Å²) in [6.45, 7) is 6.96. The van der Waals surface area contributed by atoms with Crippen LogP contribution in [0.5, 0.6) is 0 Å². The maximum absolute atomic E-state index is 12.1. The van der Waals surface area contributed by atoms with Gasteiger partial charge < -0.3 is 5.32 Å². The number of hydrogen-bond donors (Lipinski definition) is 2. The van der Waals surface area contributed by atoms with Gasteiger partial charge in [-0.15, -0.1) is 0 Å². The smallest absolute Gasteiger partial charge is 0.229 e. The van der Waals surface area contributed by atoms with Crippen LogP contribution in [0.4, 0.5) is 5.69 Å². The van der Waals surface area contributed by atoms with Gasteiger partial charge in [0.25, 0.3) is 0 Å². The van der Waals surface area contributed by atoms with Crippen molar-refractivity contribution in [3.05, 3.63) is 65.2 Å². The number of carbonyl (C=O) groups is 1. The summed E-state index contributed by atoms with van der Waals surface area (Å²) in [5, 5.41) is 2.89. The van der Waals surface area contributed by atoms with Crippen molar-refractivity contribution in [1.29, 1.82) is 0 Å². The van der Waals surface area contributed by atoms with Gasteiger partial charge in [0, 0.05) is 18.7 Å². The predicted molar refractivity (Wildman–Crippen MR) is 110 cm³/mol. The Morgan fingerprint density at radius 1 is 0.926 bits per heavy atom. The lowest BCUT2D eigenvalue weighted by Gasteiger charge is -2.19. The zero-order valence-corrected chi connectivity index (χ0v) is 17.2. The molecule has 0 aliphatic heterocycles. The fourth-order valence-electron chi connectivity index (χ4n) is 2.62. The Balaban J connectivity index is 1.79. The normalized spacial score (nSPS) is 11.9. The van der Waals surface area contributed by atoms with Crippen LogP contribution in [0.15, 0.2) is 48.5 Å². The number of benzene rings is 2. The molecule has 27 heavy (non-hydrogen) atoms. The van der Waals surface area contributed by atoms with E-state index in [9.17, 15) is 13.2 Å². The maximum atomic E-state index is 12.1. The van der Waals surface area contributed by atoms with E-state index in [0.29, 0.717) is 25.1 Å². The van der Waals surface area contributed by atoms with Crippen molar-refractivity contribution in [1.82, 2.24) is 5.32 Å². The first-order chi connectivity index (χ1) is 12.5. The molecule has 0 unspecified atom stereocenters. The first-order valence-corrected chi connectivity index (χ1v) is 10.8. The lowest BCUT2D eigenvalue weighted by Crippen LogP contribution is -2.23. The lowest BCUT2D eigenvalue weighted by atomic mass is 9.86. The molecule has 0 spiro atoms. The van der Waals surface area contributed by atoms with Crippen LogP contribution in [0.25, 0.3) is 0 Å². The molecule has 2 N–H and O–H groups in total.